The summed E-state index contributed by atoms with van der Waals surface area (Å²) < 4.78 is 11.2. The van der Waals surface area contributed by atoms with Crippen LogP contribution in [0.25, 0.3) is 11.1 Å². The molecular weight excluding hydrogens is 304 g/mol. The number of carboxylic acid groups (broad SMARTS) is 1. The van der Waals surface area contributed by atoms with Crippen molar-refractivity contribution in [2.45, 2.75) is 38.4 Å². The van der Waals surface area contributed by atoms with E-state index in [1.165, 1.54) is 12.8 Å². The van der Waals surface area contributed by atoms with Crippen molar-refractivity contribution in [3.8, 4) is 16.9 Å². The topological polar surface area (TPSA) is 55.8 Å². The van der Waals surface area contributed by atoms with E-state index < -0.39 is 5.97 Å². The third kappa shape index (κ3) is 3.77. The van der Waals surface area contributed by atoms with Gasteiger partial charge < -0.3 is 14.6 Å². The first-order valence-electron chi connectivity index (χ1n) is 8.29. The van der Waals surface area contributed by atoms with Gasteiger partial charge in [0.2, 0.25) is 0 Å². The monoisotopic (exact) mass is 326 g/mol. The smallest absolute Gasteiger partial charge is 0.335 e. The predicted octanol–water partition coefficient (Wildman–Crippen LogP) is 4.52. The molecule has 3 rings (SSSR count). The van der Waals surface area contributed by atoms with Gasteiger partial charge in [-0.3, -0.25) is 0 Å². The molecule has 0 atom stereocenters. The van der Waals surface area contributed by atoms with E-state index in [1.807, 2.05) is 30.3 Å². The number of aromatic carboxylic acids is 1. The number of methoxy groups -OCH3 is 1. The SMILES string of the molecule is COCc1cc(C(=O)O)ccc1-c1ccc(OC2CCCC2)cc1. The molecule has 4 heteroatoms. The zero-order valence-electron chi connectivity index (χ0n) is 13.8. The average molecular weight is 326 g/mol. The number of rotatable bonds is 6. The Kier molecular flexibility index (Phi) is 5.16. The summed E-state index contributed by atoms with van der Waals surface area (Å²) in [4.78, 5) is 11.2. The third-order valence-electron chi connectivity index (χ3n) is 4.42. The van der Waals surface area contributed by atoms with Gasteiger partial charge in [0.25, 0.3) is 0 Å². The number of carboxylic acids is 1. The second-order valence-corrected chi connectivity index (χ2v) is 6.16. The molecule has 0 unspecified atom stereocenters. The minimum atomic E-state index is -0.931. The van der Waals surface area contributed by atoms with Crippen LogP contribution in [0.4, 0.5) is 0 Å². The molecule has 0 bridgehead atoms. The van der Waals surface area contributed by atoms with E-state index >= 15 is 0 Å². The highest BCUT2D eigenvalue weighted by Crippen LogP contribution is 2.29. The van der Waals surface area contributed by atoms with E-state index in [4.69, 9.17) is 14.6 Å². The molecule has 0 spiro atoms. The average Bonchev–Trinajstić information content (AvgIpc) is 3.09. The van der Waals surface area contributed by atoms with Gasteiger partial charge in [-0.2, -0.15) is 0 Å². The largest absolute Gasteiger partial charge is 0.490 e. The molecule has 1 aliphatic rings. The van der Waals surface area contributed by atoms with Crippen LogP contribution >= 0.6 is 0 Å². The Labute approximate surface area is 142 Å². The lowest BCUT2D eigenvalue weighted by molar-refractivity contribution is 0.0696. The molecular formula is C20H22O4. The number of benzene rings is 2. The summed E-state index contributed by atoms with van der Waals surface area (Å²) in [6.45, 7) is 0.372. The van der Waals surface area contributed by atoms with Gasteiger partial charge in [0.15, 0.2) is 0 Å². The Balaban J connectivity index is 1.83. The lowest BCUT2D eigenvalue weighted by atomic mass is 9.97. The molecule has 0 saturated heterocycles. The quantitative estimate of drug-likeness (QED) is 0.848. The Morgan fingerprint density at radius 2 is 1.83 bits per heavy atom. The number of carbonyl (C=O) groups is 1. The van der Waals surface area contributed by atoms with Crippen LogP contribution in [-0.4, -0.2) is 24.3 Å². The van der Waals surface area contributed by atoms with Crippen molar-refractivity contribution < 1.29 is 19.4 Å². The lowest BCUT2D eigenvalue weighted by Gasteiger charge is -2.14. The summed E-state index contributed by atoms with van der Waals surface area (Å²) >= 11 is 0. The van der Waals surface area contributed by atoms with Crippen molar-refractivity contribution in [2.75, 3.05) is 7.11 Å². The van der Waals surface area contributed by atoms with Crippen LogP contribution in [0.5, 0.6) is 5.75 Å². The molecule has 0 radical (unpaired) electrons. The summed E-state index contributed by atoms with van der Waals surface area (Å²) in [6, 6.07) is 13.1. The Morgan fingerprint density at radius 1 is 1.12 bits per heavy atom. The minimum Gasteiger partial charge on any atom is -0.490 e. The highest BCUT2D eigenvalue weighted by Gasteiger charge is 2.16. The molecule has 0 aliphatic heterocycles. The number of hydrogen-bond acceptors (Lipinski definition) is 3. The van der Waals surface area contributed by atoms with Gasteiger partial charge in [-0.15, -0.1) is 0 Å². The van der Waals surface area contributed by atoms with E-state index in [9.17, 15) is 4.79 Å². The summed E-state index contributed by atoms with van der Waals surface area (Å²) in [5.74, 6) is -0.0414. The van der Waals surface area contributed by atoms with Crippen molar-refractivity contribution in [1.82, 2.24) is 0 Å². The fourth-order valence-corrected chi connectivity index (χ4v) is 3.20. The zero-order chi connectivity index (χ0) is 16.9. The zero-order valence-corrected chi connectivity index (χ0v) is 13.8. The van der Waals surface area contributed by atoms with Crippen LogP contribution in [0.1, 0.15) is 41.6 Å². The first kappa shape index (κ1) is 16.5. The summed E-state index contributed by atoms with van der Waals surface area (Å²) in [5, 5.41) is 9.15. The third-order valence-corrected chi connectivity index (χ3v) is 4.42. The fraction of sp³-hybridized carbons (Fsp3) is 0.350. The van der Waals surface area contributed by atoms with Gasteiger partial charge in [-0.25, -0.2) is 4.79 Å². The highest BCUT2D eigenvalue weighted by molar-refractivity contribution is 5.89. The molecule has 2 aromatic rings. The molecule has 1 fully saturated rings. The molecule has 1 saturated carbocycles. The lowest BCUT2D eigenvalue weighted by Crippen LogP contribution is -2.10. The molecule has 0 aromatic heterocycles. The van der Waals surface area contributed by atoms with Gasteiger partial charge in [0, 0.05) is 7.11 Å². The van der Waals surface area contributed by atoms with Crippen LogP contribution in [-0.2, 0) is 11.3 Å². The number of hydrogen-bond donors (Lipinski definition) is 1. The molecule has 0 heterocycles. The van der Waals surface area contributed by atoms with Crippen LogP contribution in [0, 0.1) is 0 Å². The van der Waals surface area contributed by atoms with E-state index in [0.29, 0.717) is 12.7 Å². The van der Waals surface area contributed by atoms with Gasteiger partial charge in [-0.05, 0) is 66.6 Å². The first-order valence-corrected chi connectivity index (χ1v) is 8.29. The Bertz CT molecular complexity index is 700. The normalized spacial score (nSPS) is 14.7. The first-order chi connectivity index (χ1) is 11.7. The standard InChI is InChI=1S/C20H22O4/c1-23-13-16-12-15(20(21)22)8-11-19(16)14-6-9-18(10-7-14)24-17-4-2-3-5-17/h6-12,17H,2-5,13H2,1H3,(H,21,22). The predicted molar refractivity (Wildman–Crippen MR) is 92.4 cm³/mol. The minimum absolute atomic E-state index is 0.270. The fourth-order valence-electron chi connectivity index (χ4n) is 3.20. The second kappa shape index (κ2) is 7.49. The van der Waals surface area contributed by atoms with Gasteiger partial charge in [-0.1, -0.05) is 18.2 Å². The molecule has 24 heavy (non-hydrogen) atoms. The summed E-state index contributed by atoms with van der Waals surface area (Å²) in [6.07, 6.45) is 5.11. The van der Waals surface area contributed by atoms with Gasteiger partial charge >= 0.3 is 5.97 Å². The van der Waals surface area contributed by atoms with Crippen LogP contribution in [0.15, 0.2) is 42.5 Å². The van der Waals surface area contributed by atoms with Gasteiger partial charge in [0.1, 0.15) is 5.75 Å². The molecule has 1 N–H and O–H groups in total. The molecule has 126 valence electrons. The Hall–Kier alpha value is -2.33. The molecule has 0 amide bonds. The van der Waals surface area contributed by atoms with Crippen LogP contribution < -0.4 is 4.74 Å². The maximum atomic E-state index is 11.2. The summed E-state index contributed by atoms with van der Waals surface area (Å²) in [7, 11) is 1.61. The van der Waals surface area contributed by atoms with Crippen molar-refractivity contribution >= 4 is 5.97 Å². The molecule has 4 nitrogen and oxygen atoms in total. The molecule has 1 aliphatic carbocycles. The van der Waals surface area contributed by atoms with Crippen LogP contribution in [0.2, 0.25) is 0 Å². The van der Waals surface area contributed by atoms with Crippen molar-refractivity contribution in [1.29, 1.82) is 0 Å². The Morgan fingerprint density at radius 3 is 2.46 bits per heavy atom. The van der Waals surface area contributed by atoms with E-state index in [2.05, 4.69) is 0 Å². The van der Waals surface area contributed by atoms with Crippen molar-refractivity contribution in [3.63, 3.8) is 0 Å². The highest BCUT2D eigenvalue weighted by atomic mass is 16.5. The van der Waals surface area contributed by atoms with Crippen molar-refractivity contribution in [2.24, 2.45) is 0 Å². The van der Waals surface area contributed by atoms with Crippen molar-refractivity contribution in [3.05, 3.63) is 53.6 Å². The van der Waals surface area contributed by atoms with E-state index in [0.717, 1.165) is 35.3 Å². The second-order valence-electron chi connectivity index (χ2n) is 6.16. The van der Waals surface area contributed by atoms with Crippen LogP contribution in [0.3, 0.4) is 0 Å². The number of ether oxygens (including phenoxy) is 2. The molecule has 2 aromatic carbocycles. The van der Waals surface area contributed by atoms with Gasteiger partial charge in [0.05, 0.1) is 18.3 Å². The maximum absolute atomic E-state index is 11.2. The summed E-state index contributed by atoms with van der Waals surface area (Å²) in [5.41, 5.74) is 3.14. The van der Waals surface area contributed by atoms with E-state index in [-0.39, 0.29) is 5.56 Å². The van der Waals surface area contributed by atoms with E-state index in [1.54, 1.807) is 19.2 Å². The maximum Gasteiger partial charge on any atom is 0.335 e.